The highest BCUT2D eigenvalue weighted by Crippen LogP contribution is 2.63. The minimum absolute atomic E-state index is 0.00619. The van der Waals surface area contributed by atoms with Crippen molar-refractivity contribution in [2.75, 3.05) is 19.5 Å². The van der Waals surface area contributed by atoms with Crippen molar-refractivity contribution in [3.05, 3.63) is 11.6 Å². The summed E-state index contributed by atoms with van der Waals surface area (Å²) in [7, 11) is -2.04. The second-order valence-corrected chi connectivity index (χ2v) is 12.8. The van der Waals surface area contributed by atoms with E-state index in [1.165, 1.54) is 12.8 Å². The quantitative estimate of drug-likeness (QED) is 0.308. The molecule has 0 spiro atoms. The number of fused-ring (bicyclic) bond motifs is 3. The van der Waals surface area contributed by atoms with Gasteiger partial charge in [-0.05, 0) is 74.0 Å². The lowest BCUT2D eigenvalue weighted by molar-refractivity contribution is -0.126. The second-order valence-electron chi connectivity index (χ2n) is 9.42. The van der Waals surface area contributed by atoms with Crippen molar-refractivity contribution in [3.63, 3.8) is 0 Å². The molecule has 29 heavy (non-hydrogen) atoms. The van der Waals surface area contributed by atoms with Gasteiger partial charge < -0.3 is 4.74 Å². The molecule has 0 aliphatic heterocycles. The van der Waals surface area contributed by atoms with Crippen LogP contribution in [0.1, 0.15) is 65.2 Å². The molecule has 2 saturated carbocycles. The van der Waals surface area contributed by atoms with Crippen LogP contribution >= 0.6 is 10.8 Å². The minimum atomic E-state index is -4.17. The highest BCUT2D eigenvalue weighted by molar-refractivity contribution is 8.70. The van der Waals surface area contributed by atoms with E-state index < -0.39 is 9.15 Å². The van der Waals surface area contributed by atoms with Gasteiger partial charge >= 0.3 is 9.15 Å². The van der Waals surface area contributed by atoms with Gasteiger partial charge in [-0.25, -0.2) is 0 Å². The Morgan fingerprint density at radius 3 is 2.72 bits per heavy atom. The largest absolute Gasteiger partial charge is 0.384 e. The number of carbonyl (C=O) groups excluding carboxylic acids is 1. The van der Waals surface area contributed by atoms with Gasteiger partial charge in [-0.1, -0.05) is 31.9 Å². The monoisotopic (exact) mass is 444 g/mol. The second kappa shape index (κ2) is 9.41. The molecule has 0 radical (unpaired) electrons. The molecular weight excluding hydrogens is 408 g/mol. The van der Waals surface area contributed by atoms with Gasteiger partial charge in [-0.3, -0.25) is 9.35 Å². The number of carbonyl (C=O) groups is 1. The Balaban J connectivity index is 1.76. The number of ether oxygens (including phenoxy) is 1. The predicted octanol–water partition coefficient (Wildman–Crippen LogP) is 4.93. The summed E-state index contributed by atoms with van der Waals surface area (Å²) < 4.78 is 36.4. The van der Waals surface area contributed by atoms with Crippen molar-refractivity contribution >= 4 is 25.7 Å². The van der Waals surface area contributed by atoms with Crippen molar-refractivity contribution in [1.29, 1.82) is 0 Å². The average Bonchev–Trinajstić information content (AvgIpc) is 3.02. The molecule has 0 amide bonds. The molecule has 7 heteroatoms. The SMILES string of the molecule is CCCC1C(CCOC)=CCC2C1CCC1(C)C(C(=O)CSS(=O)(=O)O)CCC21. The van der Waals surface area contributed by atoms with Crippen LogP contribution in [0.25, 0.3) is 0 Å². The normalized spacial score (nSPS) is 37.0. The van der Waals surface area contributed by atoms with Crippen molar-refractivity contribution in [1.82, 2.24) is 0 Å². The first-order chi connectivity index (χ1) is 13.7. The van der Waals surface area contributed by atoms with E-state index in [0.29, 0.717) is 34.5 Å². The molecule has 3 aliphatic carbocycles. The summed E-state index contributed by atoms with van der Waals surface area (Å²) in [5, 5.41) is 0. The van der Waals surface area contributed by atoms with Gasteiger partial charge in [0.2, 0.25) is 0 Å². The Kier molecular flexibility index (Phi) is 7.56. The number of rotatable bonds is 9. The molecule has 3 aliphatic rings. The van der Waals surface area contributed by atoms with E-state index in [9.17, 15) is 13.2 Å². The van der Waals surface area contributed by atoms with Gasteiger partial charge in [-0.2, -0.15) is 8.42 Å². The first-order valence-electron chi connectivity index (χ1n) is 11.0. The van der Waals surface area contributed by atoms with E-state index in [4.69, 9.17) is 9.29 Å². The molecule has 0 aromatic carbocycles. The molecule has 3 rings (SSSR count). The van der Waals surface area contributed by atoms with E-state index >= 15 is 0 Å². The van der Waals surface area contributed by atoms with Gasteiger partial charge in [0.15, 0.2) is 0 Å². The van der Waals surface area contributed by atoms with Crippen LogP contribution in [0.4, 0.5) is 0 Å². The molecule has 5 nitrogen and oxygen atoms in total. The fourth-order valence-electron chi connectivity index (χ4n) is 6.85. The van der Waals surface area contributed by atoms with E-state index in [2.05, 4.69) is 19.9 Å². The molecule has 1 N–H and O–H groups in total. The number of Topliss-reactive ketones (excluding diaryl/α,β-unsaturated/α-hetero) is 1. The third-order valence-corrected chi connectivity index (χ3v) is 10.0. The van der Waals surface area contributed by atoms with Crippen LogP contribution in [-0.2, 0) is 18.7 Å². The molecule has 0 aromatic heterocycles. The number of ketones is 1. The third kappa shape index (κ3) is 4.94. The van der Waals surface area contributed by atoms with Gasteiger partial charge in [0.1, 0.15) is 5.78 Å². The summed E-state index contributed by atoms with van der Waals surface area (Å²) in [4.78, 5) is 12.8. The Labute approximate surface area is 179 Å². The zero-order valence-electron chi connectivity index (χ0n) is 17.9. The van der Waals surface area contributed by atoms with Crippen molar-refractivity contribution < 1.29 is 22.5 Å². The van der Waals surface area contributed by atoms with Crippen LogP contribution < -0.4 is 0 Å². The van der Waals surface area contributed by atoms with Crippen LogP contribution in [0.2, 0.25) is 0 Å². The lowest BCUT2D eigenvalue weighted by atomic mass is 9.52. The number of methoxy groups -OCH3 is 1. The predicted molar refractivity (Wildman–Crippen MR) is 117 cm³/mol. The lowest BCUT2D eigenvalue weighted by Gasteiger charge is -2.52. The van der Waals surface area contributed by atoms with Crippen molar-refractivity contribution in [2.24, 2.45) is 35.0 Å². The van der Waals surface area contributed by atoms with Gasteiger partial charge in [-0.15, -0.1) is 0 Å². The summed E-state index contributed by atoms with van der Waals surface area (Å²) in [6.07, 6.45) is 11.1. The summed E-state index contributed by atoms with van der Waals surface area (Å²) in [5.41, 5.74) is 1.54. The highest BCUT2D eigenvalue weighted by atomic mass is 33.1. The van der Waals surface area contributed by atoms with Gasteiger partial charge in [0.05, 0.1) is 5.75 Å². The maximum absolute atomic E-state index is 12.8. The highest BCUT2D eigenvalue weighted by Gasteiger charge is 2.56. The molecule has 2 fully saturated rings. The van der Waals surface area contributed by atoms with Crippen LogP contribution in [-0.4, -0.2) is 38.2 Å². The maximum Gasteiger partial charge on any atom is 0.320 e. The molecular formula is C22H36O5S2. The van der Waals surface area contributed by atoms with E-state index in [1.54, 1.807) is 12.7 Å². The van der Waals surface area contributed by atoms with E-state index in [1.807, 2.05) is 0 Å². The smallest absolute Gasteiger partial charge is 0.320 e. The molecule has 0 bridgehead atoms. The lowest BCUT2D eigenvalue weighted by Crippen LogP contribution is -2.46. The zero-order chi connectivity index (χ0) is 21.2. The molecule has 166 valence electrons. The summed E-state index contributed by atoms with van der Waals surface area (Å²) in [5.74, 6) is 2.28. The summed E-state index contributed by atoms with van der Waals surface area (Å²) in [6, 6.07) is 0. The Bertz CT molecular complexity index is 731. The van der Waals surface area contributed by atoms with Crippen LogP contribution in [0.3, 0.4) is 0 Å². The van der Waals surface area contributed by atoms with Crippen molar-refractivity contribution in [3.8, 4) is 0 Å². The molecule has 0 aromatic rings. The first-order valence-corrected chi connectivity index (χ1v) is 14.0. The number of allylic oxidation sites excluding steroid dienone is 1. The third-order valence-electron chi connectivity index (χ3n) is 8.07. The maximum atomic E-state index is 12.8. The fourth-order valence-corrected chi connectivity index (χ4v) is 8.11. The van der Waals surface area contributed by atoms with Crippen LogP contribution in [0, 0.1) is 35.0 Å². The standard InChI is InChI=1S/C22H36O5S2/c1-4-5-16-15(11-13-27-3)6-7-18-17(16)10-12-22(2)19(18)8-9-20(22)21(23)14-28-29(24,25)26/h6,16-20H,4-5,7-14H2,1-3H3,(H,24,25,26). The minimum Gasteiger partial charge on any atom is -0.384 e. The van der Waals surface area contributed by atoms with E-state index in [-0.39, 0.29) is 22.9 Å². The Morgan fingerprint density at radius 2 is 2.07 bits per heavy atom. The van der Waals surface area contributed by atoms with Crippen molar-refractivity contribution in [2.45, 2.75) is 65.2 Å². The van der Waals surface area contributed by atoms with Gasteiger partial charge in [0, 0.05) is 30.4 Å². The summed E-state index contributed by atoms with van der Waals surface area (Å²) >= 11 is 0. The fraction of sp³-hybridized carbons (Fsp3) is 0.864. The number of hydrogen-bond donors (Lipinski definition) is 1. The van der Waals surface area contributed by atoms with Crippen LogP contribution in [0.15, 0.2) is 11.6 Å². The molecule has 0 heterocycles. The molecule has 0 saturated heterocycles. The molecule has 6 unspecified atom stereocenters. The topological polar surface area (TPSA) is 80.7 Å². The van der Waals surface area contributed by atoms with Gasteiger partial charge in [0.25, 0.3) is 0 Å². The zero-order valence-corrected chi connectivity index (χ0v) is 19.6. The van der Waals surface area contributed by atoms with E-state index in [0.717, 1.165) is 45.1 Å². The van der Waals surface area contributed by atoms with Crippen LogP contribution in [0.5, 0.6) is 0 Å². The Hall–Kier alpha value is -0.370. The first kappa shape index (κ1) is 23.3. The number of hydrogen-bond acceptors (Lipinski definition) is 5. The Morgan fingerprint density at radius 1 is 1.31 bits per heavy atom. The summed E-state index contributed by atoms with van der Waals surface area (Å²) in [6.45, 7) is 5.31. The molecule has 6 atom stereocenters. The average molecular weight is 445 g/mol.